The molecule has 0 aromatic heterocycles. The number of hydrogen-bond donors (Lipinski definition) is 1. The molecule has 1 aromatic rings. The number of nitrogens with zero attached hydrogens (tertiary/aromatic N) is 1. The highest BCUT2D eigenvalue weighted by Gasteiger charge is 2.28. The number of nitriles is 1. The summed E-state index contributed by atoms with van der Waals surface area (Å²) >= 11 is 0. The highest BCUT2D eigenvalue weighted by molar-refractivity contribution is 5.84. The van der Waals surface area contributed by atoms with Crippen LogP contribution in [-0.4, -0.2) is 19.1 Å². The van der Waals surface area contributed by atoms with Crippen molar-refractivity contribution in [3.8, 4) is 11.8 Å². The van der Waals surface area contributed by atoms with E-state index in [1.807, 2.05) is 38.1 Å². The molecule has 0 saturated heterocycles. The lowest BCUT2D eigenvalue weighted by molar-refractivity contribution is -0.123. The van der Waals surface area contributed by atoms with Gasteiger partial charge in [0.15, 0.2) is 0 Å². The Bertz CT molecular complexity index is 517. The predicted octanol–water partition coefficient (Wildman–Crippen LogP) is 2.22. The molecule has 0 aliphatic carbocycles. The van der Waals surface area contributed by atoms with Crippen molar-refractivity contribution in [3.05, 3.63) is 29.8 Å². The van der Waals surface area contributed by atoms with Crippen LogP contribution in [0.3, 0.4) is 0 Å². The number of para-hydroxylation sites is 1. The van der Waals surface area contributed by atoms with E-state index in [1.54, 1.807) is 0 Å². The highest BCUT2D eigenvalue weighted by Crippen LogP contribution is 2.33. The maximum atomic E-state index is 12.2. The van der Waals surface area contributed by atoms with Gasteiger partial charge in [0.1, 0.15) is 5.75 Å². The summed E-state index contributed by atoms with van der Waals surface area (Å²) in [6.45, 7) is 4.54. The van der Waals surface area contributed by atoms with Crippen LogP contribution in [0.5, 0.6) is 5.75 Å². The van der Waals surface area contributed by atoms with Crippen LogP contribution in [0.2, 0.25) is 0 Å². The van der Waals surface area contributed by atoms with Crippen molar-refractivity contribution >= 4 is 5.91 Å². The van der Waals surface area contributed by atoms with E-state index in [4.69, 9.17) is 10.00 Å². The molecular formula is C15H18N2O2. The molecule has 1 heterocycles. The Labute approximate surface area is 113 Å². The quantitative estimate of drug-likeness (QED) is 0.904. The van der Waals surface area contributed by atoms with E-state index >= 15 is 0 Å². The van der Waals surface area contributed by atoms with E-state index in [0.717, 1.165) is 11.3 Å². The fraction of sp³-hybridized carbons (Fsp3) is 0.467. The van der Waals surface area contributed by atoms with Crippen LogP contribution in [0.1, 0.15) is 31.7 Å². The van der Waals surface area contributed by atoms with E-state index in [0.29, 0.717) is 19.6 Å². The summed E-state index contributed by atoms with van der Waals surface area (Å²) in [6.07, 6.45) is 0.676. The predicted molar refractivity (Wildman–Crippen MR) is 71.7 cm³/mol. The minimum atomic E-state index is -0.541. The second-order valence-electron chi connectivity index (χ2n) is 5.44. The summed E-state index contributed by atoms with van der Waals surface area (Å²) in [7, 11) is 0. The normalized spacial score (nSPS) is 17.8. The minimum Gasteiger partial charge on any atom is -0.493 e. The molecule has 1 unspecified atom stereocenters. The minimum absolute atomic E-state index is 0.0286. The third-order valence-corrected chi connectivity index (χ3v) is 3.28. The third-order valence-electron chi connectivity index (χ3n) is 3.28. The van der Waals surface area contributed by atoms with E-state index in [2.05, 4.69) is 11.4 Å². The van der Waals surface area contributed by atoms with Gasteiger partial charge in [-0.2, -0.15) is 5.26 Å². The van der Waals surface area contributed by atoms with Crippen LogP contribution in [0.15, 0.2) is 24.3 Å². The number of benzene rings is 1. The average molecular weight is 258 g/mol. The van der Waals surface area contributed by atoms with Crippen molar-refractivity contribution in [2.24, 2.45) is 5.41 Å². The Morgan fingerprint density at radius 3 is 3.00 bits per heavy atom. The number of carbonyl (C=O) groups is 1. The Morgan fingerprint density at radius 2 is 2.26 bits per heavy atom. The van der Waals surface area contributed by atoms with Crippen LogP contribution in [-0.2, 0) is 4.79 Å². The van der Waals surface area contributed by atoms with E-state index < -0.39 is 5.41 Å². The Hall–Kier alpha value is -2.02. The number of ether oxygens (including phenoxy) is 1. The van der Waals surface area contributed by atoms with Gasteiger partial charge in [-0.25, -0.2) is 0 Å². The smallest absolute Gasteiger partial charge is 0.227 e. The molecule has 1 aliphatic heterocycles. The zero-order valence-electron chi connectivity index (χ0n) is 11.3. The molecule has 0 fully saturated rings. The Morgan fingerprint density at radius 1 is 1.53 bits per heavy atom. The first-order valence-electron chi connectivity index (χ1n) is 6.44. The SMILES string of the molecule is CC(C)(C#N)CNC(=O)C1CCOc2ccccc21. The zero-order valence-corrected chi connectivity index (χ0v) is 11.3. The average Bonchev–Trinajstić information content (AvgIpc) is 2.44. The Kier molecular flexibility index (Phi) is 3.75. The van der Waals surface area contributed by atoms with Gasteiger partial charge in [-0.15, -0.1) is 0 Å². The lowest BCUT2D eigenvalue weighted by atomic mass is 9.91. The van der Waals surface area contributed by atoms with E-state index in [-0.39, 0.29) is 11.8 Å². The fourth-order valence-electron chi connectivity index (χ4n) is 2.09. The lowest BCUT2D eigenvalue weighted by Crippen LogP contribution is -2.37. The highest BCUT2D eigenvalue weighted by atomic mass is 16.5. The monoisotopic (exact) mass is 258 g/mol. The first-order chi connectivity index (χ1) is 9.03. The molecule has 4 nitrogen and oxygen atoms in total. The van der Waals surface area contributed by atoms with E-state index in [1.165, 1.54) is 0 Å². The van der Waals surface area contributed by atoms with Gasteiger partial charge < -0.3 is 10.1 Å². The van der Waals surface area contributed by atoms with Crippen molar-refractivity contribution < 1.29 is 9.53 Å². The third kappa shape index (κ3) is 3.05. The van der Waals surface area contributed by atoms with Crippen LogP contribution < -0.4 is 10.1 Å². The van der Waals surface area contributed by atoms with Crippen LogP contribution >= 0.6 is 0 Å². The van der Waals surface area contributed by atoms with E-state index in [9.17, 15) is 4.79 Å². The fourth-order valence-corrected chi connectivity index (χ4v) is 2.09. The van der Waals surface area contributed by atoms with Gasteiger partial charge in [-0.1, -0.05) is 18.2 Å². The second kappa shape index (κ2) is 5.31. The number of nitrogens with one attached hydrogen (secondary N) is 1. The molecule has 19 heavy (non-hydrogen) atoms. The molecule has 4 heteroatoms. The van der Waals surface area contributed by atoms with Crippen molar-refractivity contribution in [2.45, 2.75) is 26.2 Å². The lowest BCUT2D eigenvalue weighted by Gasteiger charge is -2.26. The number of amides is 1. The standard InChI is InChI=1S/C15H18N2O2/c1-15(2,9-16)10-17-14(18)12-7-8-19-13-6-4-3-5-11(12)13/h3-6,12H,7-8,10H2,1-2H3,(H,17,18). The molecule has 1 amide bonds. The van der Waals surface area contributed by atoms with Gasteiger partial charge in [-0.05, 0) is 26.3 Å². The van der Waals surface area contributed by atoms with Crippen LogP contribution in [0.25, 0.3) is 0 Å². The number of rotatable bonds is 3. The van der Waals surface area contributed by atoms with Gasteiger partial charge in [0.05, 0.1) is 24.0 Å². The molecule has 0 spiro atoms. The van der Waals surface area contributed by atoms with Gasteiger partial charge in [-0.3, -0.25) is 4.79 Å². The van der Waals surface area contributed by atoms with Gasteiger partial charge in [0, 0.05) is 12.1 Å². The molecule has 1 aromatic carbocycles. The molecule has 1 atom stereocenters. The van der Waals surface area contributed by atoms with Crippen molar-refractivity contribution in [1.82, 2.24) is 5.32 Å². The summed E-state index contributed by atoms with van der Waals surface area (Å²) < 4.78 is 5.54. The first kappa shape index (κ1) is 13.4. The number of fused-ring (bicyclic) bond motifs is 1. The largest absolute Gasteiger partial charge is 0.493 e. The van der Waals surface area contributed by atoms with Gasteiger partial charge in [0.2, 0.25) is 5.91 Å². The topological polar surface area (TPSA) is 62.1 Å². The summed E-state index contributed by atoms with van der Waals surface area (Å²) in [5.74, 6) is 0.576. The van der Waals surface area contributed by atoms with Crippen LogP contribution in [0, 0.1) is 16.7 Å². The summed E-state index contributed by atoms with van der Waals surface area (Å²) in [4.78, 5) is 12.2. The molecular weight excluding hydrogens is 240 g/mol. The molecule has 0 saturated carbocycles. The first-order valence-corrected chi connectivity index (χ1v) is 6.44. The summed E-state index contributed by atoms with van der Waals surface area (Å²) in [5, 5.41) is 11.8. The molecule has 2 rings (SSSR count). The van der Waals surface area contributed by atoms with Gasteiger partial charge >= 0.3 is 0 Å². The van der Waals surface area contributed by atoms with Crippen molar-refractivity contribution in [2.75, 3.05) is 13.2 Å². The van der Waals surface area contributed by atoms with Crippen LogP contribution in [0.4, 0.5) is 0 Å². The molecule has 1 aliphatic rings. The maximum Gasteiger partial charge on any atom is 0.227 e. The molecule has 0 bridgehead atoms. The van der Waals surface area contributed by atoms with Crippen molar-refractivity contribution in [1.29, 1.82) is 5.26 Å². The maximum absolute atomic E-state index is 12.2. The number of carbonyl (C=O) groups excluding carboxylic acids is 1. The Balaban J connectivity index is 2.08. The zero-order chi connectivity index (χ0) is 13.9. The summed E-state index contributed by atoms with van der Waals surface area (Å²) in [5.41, 5.74) is 0.390. The molecule has 1 N–H and O–H groups in total. The van der Waals surface area contributed by atoms with Crippen molar-refractivity contribution in [3.63, 3.8) is 0 Å². The molecule has 0 radical (unpaired) electrons. The van der Waals surface area contributed by atoms with Gasteiger partial charge in [0.25, 0.3) is 0 Å². The second-order valence-corrected chi connectivity index (χ2v) is 5.44. The molecule has 100 valence electrons. The summed E-state index contributed by atoms with van der Waals surface area (Å²) in [6, 6.07) is 9.80. The number of hydrogen-bond acceptors (Lipinski definition) is 3.